The minimum Gasteiger partial charge on any atom is -0.491 e. The van der Waals surface area contributed by atoms with Crippen LogP contribution in [0.15, 0.2) is 48.5 Å². The van der Waals surface area contributed by atoms with Crippen molar-refractivity contribution in [2.24, 2.45) is 0 Å². The third-order valence-corrected chi connectivity index (χ3v) is 3.29. The van der Waals surface area contributed by atoms with Gasteiger partial charge in [-0.25, -0.2) is 0 Å². The van der Waals surface area contributed by atoms with Gasteiger partial charge in [0.05, 0.1) is 12.7 Å². The number of aliphatic hydroxyl groups excluding tert-OH is 1. The predicted octanol–water partition coefficient (Wildman–Crippen LogP) is 2.81. The van der Waals surface area contributed by atoms with Gasteiger partial charge in [-0.1, -0.05) is 18.2 Å². The molecule has 0 aliphatic heterocycles. The number of amides is 1. The first kappa shape index (κ1) is 17.8. The minimum absolute atomic E-state index is 0.0710. The average Bonchev–Trinajstić information content (AvgIpc) is 2.58. The number of carbonyl (C=O) groups is 1. The van der Waals surface area contributed by atoms with E-state index in [1.807, 2.05) is 50.2 Å². The Morgan fingerprint density at radius 2 is 1.96 bits per heavy atom. The van der Waals surface area contributed by atoms with E-state index < -0.39 is 0 Å². The highest BCUT2D eigenvalue weighted by atomic mass is 16.5. The smallest absolute Gasteiger partial charge is 0.251 e. The molecule has 1 amide bonds. The van der Waals surface area contributed by atoms with Crippen LogP contribution in [-0.4, -0.2) is 30.3 Å². The summed E-state index contributed by atoms with van der Waals surface area (Å²) in [5.74, 6) is 0.654. The van der Waals surface area contributed by atoms with Gasteiger partial charge in [0.25, 0.3) is 5.91 Å². The van der Waals surface area contributed by atoms with Crippen LogP contribution < -0.4 is 15.4 Å². The molecule has 2 aromatic rings. The van der Waals surface area contributed by atoms with Crippen molar-refractivity contribution in [2.75, 3.05) is 18.5 Å². The Morgan fingerprint density at radius 3 is 2.71 bits per heavy atom. The van der Waals surface area contributed by atoms with Crippen LogP contribution in [0.25, 0.3) is 0 Å². The highest BCUT2D eigenvalue weighted by molar-refractivity contribution is 5.95. The Bertz CT molecular complexity index is 671. The topological polar surface area (TPSA) is 70.6 Å². The number of anilines is 1. The number of benzene rings is 2. The van der Waals surface area contributed by atoms with E-state index in [4.69, 9.17) is 9.84 Å². The van der Waals surface area contributed by atoms with E-state index in [1.165, 1.54) is 0 Å². The van der Waals surface area contributed by atoms with Crippen LogP contribution in [0.3, 0.4) is 0 Å². The van der Waals surface area contributed by atoms with Gasteiger partial charge in [0.1, 0.15) is 5.75 Å². The largest absolute Gasteiger partial charge is 0.491 e. The van der Waals surface area contributed by atoms with Crippen LogP contribution >= 0.6 is 0 Å². The van der Waals surface area contributed by atoms with Gasteiger partial charge in [0.15, 0.2) is 0 Å². The lowest BCUT2D eigenvalue weighted by Crippen LogP contribution is -2.26. The summed E-state index contributed by atoms with van der Waals surface area (Å²) >= 11 is 0. The molecule has 0 radical (unpaired) electrons. The van der Waals surface area contributed by atoms with E-state index >= 15 is 0 Å². The molecular formula is C19H24N2O3. The molecule has 5 heteroatoms. The first-order valence-electron chi connectivity index (χ1n) is 8.07. The number of hydrogen-bond acceptors (Lipinski definition) is 4. The van der Waals surface area contributed by atoms with E-state index in [-0.39, 0.29) is 25.2 Å². The van der Waals surface area contributed by atoms with Gasteiger partial charge in [-0.05, 0) is 49.7 Å². The van der Waals surface area contributed by atoms with E-state index in [0.717, 1.165) is 17.0 Å². The van der Waals surface area contributed by atoms with Crippen LogP contribution in [0.5, 0.6) is 5.75 Å². The normalized spacial score (nSPS) is 10.5. The maximum absolute atomic E-state index is 11.9. The molecule has 0 saturated carbocycles. The Labute approximate surface area is 142 Å². The molecule has 0 heterocycles. The van der Waals surface area contributed by atoms with Gasteiger partial charge < -0.3 is 20.5 Å². The van der Waals surface area contributed by atoms with Crippen molar-refractivity contribution in [3.05, 3.63) is 59.7 Å². The molecule has 0 saturated heterocycles. The van der Waals surface area contributed by atoms with Crippen molar-refractivity contribution in [1.29, 1.82) is 0 Å². The number of carbonyl (C=O) groups excluding carboxylic acids is 1. The van der Waals surface area contributed by atoms with Crippen molar-refractivity contribution >= 4 is 11.6 Å². The van der Waals surface area contributed by atoms with Gasteiger partial charge >= 0.3 is 0 Å². The minimum atomic E-state index is -0.194. The summed E-state index contributed by atoms with van der Waals surface area (Å²) in [6, 6.07) is 15.2. The molecule has 0 aliphatic rings. The molecule has 0 aromatic heterocycles. The van der Waals surface area contributed by atoms with E-state index in [0.29, 0.717) is 12.1 Å². The monoisotopic (exact) mass is 328 g/mol. The standard InChI is InChI=1S/C19H24N2O3/c1-14(2)24-18-8-3-5-15(11-18)13-21-17-7-4-6-16(12-17)19(23)20-9-10-22/h3-8,11-12,14,21-22H,9-10,13H2,1-2H3,(H,20,23). The highest BCUT2D eigenvalue weighted by Gasteiger charge is 2.05. The maximum atomic E-state index is 11.9. The number of hydrogen-bond donors (Lipinski definition) is 3. The van der Waals surface area contributed by atoms with Crippen molar-refractivity contribution in [2.45, 2.75) is 26.5 Å². The summed E-state index contributed by atoms with van der Waals surface area (Å²) in [6.07, 6.45) is 0.141. The van der Waals surface area contributed by atoms with Crippen LogP contribution in [0.2, 0.25) is 0 Å². The lowest BCUT2D eigenvalue weighted by Gasteiger charge is -2.12. The molecule has 0 fully saturated rings. The third kappa shape index (κ3) is 5.59. The van der Waals surface area contributed by atoms with Gasteiger partial charge in [0.2, 0.25) is 0 Å². The molecule has 0 atom stereocenters. The number of aliphatic hydroxyl groups is 1. The number of ether oxygens (including phenoxy) is 1. The maximum Gasteiger partial charge on any atom is 0.251 e. The van der Waals surface area contributed by atoms with Crippen molar-refractivity contribution in [3.63, 3.8) is 0 Å². The van der Waals surface area contributed by atoms with Crippen LogP contribution in [-0.2, 0) is 6.54 Å². The van der Waals surface area contributed by atoms with E-state index in [2.05, 4.69) is 10.6 Å². The fourth-order valence-corrected chi connectivity index (χ4v) is 2.25. The fraction of sp³-hybridized carbons (Fsp3) is 0.316. The number of rotatable bonds is 8. The van der Waals surface area contributed by atoms with Crippen LogP contribution in [0.1, 0.15) is 29.8 Å². The van der Waals surface area contributed by atoms with Crippen molar-refractivity contribution in [1.82, 2.24) is 5.32 Å². The second-order valence-electron chi connectivity index (χ2n) is 5.73. The first-order valence-corrected chi connectivity index (χ1v) is 8.07. The fourth-order valence-electron chi connectivity index (χ4n) is 2.25. The molecule has 3 N–H and O–H groups in total. The lowest BCUT2D eigenvalue weighted by molar-refractivity contribution is 0.0945. The molecule has 24 heavy (non-hydrogen) atoms. The summed E-state index contributed by atoms with van der Waals surface area (Å²) in [7, 11) is 0. The molecule has 0 aliphatic carbocycles. The van der Waals surface area contributed by atoms with Crippen LogP contribution in [0, 0.1) is 0 Å². The summed E-state index contributed by atoms with van der Waals surface area (Å²) in [4.78, 5) is 11.9. The molecule has 0 unspecified atom stereocenters. The molecule has 2 aromatic carbocycles. The van der Waals surface area contributed by atoms with Gasteiger partial charge in [0, 0.05) is 24.3 Å². The second kappa shape index (κ2) is 8.93. The van der Waals surface area contributed by atoms with E-state index in [9.17, 15) is 4.79 Å². The quantitative estimate of drug-likeness (QED) is 0.697. The molecule has 0 spiro atoms. The molecular weight excluding hydrogens is 304 g/mol. The van der Waals surface area contributed by atoms with Crippen molar-refractivity contribution < 1.29 is 14.6 Å². The Kier molecular flexibility index (Phi) is 6.63. The SMILES string of the molecule is CC(C)Oc1cccc(CNc2cccc(C(=O)NCCO)c2)c1. The molecule has 0 bridgehead atoms. The van der Waals surface area contributed by atoms with Gasteiger partial charge in [-0.2, -0.15) is 0 Å². The molecule has 2 rings (SSSR count). The summed E-state index contributed by atoms with van der Waals surface area (Å²) in [5, 5.41) is 14.7. The Hall–Kier alpha value is -2.53. The lowest BCUT2D eigenvalue weighted by atomic mass is 10.1. The van der Waals surface area contributed by atoms with Gasteiger partial charge in [-0.15, -0.1) is 0 Å². The van der Waals surface area contributed by atoms with Crippen molar-refractivity contribution in [3.8, 4) is 5.75 Å². The van der Waals surface area contributed by atoms with E-state index in [1.54, 1.807) is 12.1 Å². The highest BCUT2D eigenvalue weighted by Crippen LogP contribution is 2.17. The summed E-state index contributed by atoms with van der Waals surface area (Å²) < 4.78 is 5.69. The third-order valence-electron chi connectivity index (χ3n) is 3.29. The molecule has 128 valence electrons. The average molecular weight is 328 g/mol. The zero-order chi connectivity index (χ0) is 17.4. The number of nitrogens with one attached hydrogen (secondary N) is 2. The zero-order valence-corrected chi connectivity index (χ0v) is 14.1. The van der Waals surface area contributed by atoms with Crippen LogP contribution in [0.4, 0.5) is 5.69 Å². The predicted molar refractivity (Wildman–Crippen MR) is 95.4 cm³/mol. The Morgan fingerprint density at radius 1 is 1.17 bits per heavy atom. The first-order chi connectivity index (χ1) is 11.6. The second-order valence-corrected chi connectivity index (χ2v) is 5.73. The Balaban J connectivity index is 1.98. The summed E-state index contributed by atoms with van der Waals surface area (Å²) in [6.45, 7) is 4.81. The van der Waals surface area contributed by atoms with Gasteiger partial charge in [-0.3, -0.25) is 4.79 Å². The summed E-state index contributed by atoms with van der Waals surface area (Å²) in [5.41, 5.74) is 2.52. The molecule has 5 nitrogen and oxygen atoms in total. The zero-order valence-electron chi connectivity index (χ0n) is 14.1.